The van der Waals surface area contributed by atoms with Crippen LogP contribution in [-0.2, 0) is 9.63 Å². The molecule has 1 aliphatic rings. The van der Waals surface area contributed by atoms with Crippen molar-refractivity contribution < 1.29 is 19.5 Å². The average Bonchev–Trinajstić information content (AvgIpc) is 2.89. The molecule has 6 nitrogen and oxygen atoms in total. The highest BCUT2D eigenvalue weighted by atomic mass is 16.7. The molecule has 1 atom stereocenters. The Kier molecular flexibility index (Phi) is 3.17. The van der Waals surface area contributed by atoms with E-state index in [1.54, 1.807) is 13.8 Å². The number of benzene rings is 1. The fourth-order valence-electron chi connectivity index (χ4n) is 2.69. The van der Waals surface area contributed by atoms with E-state index in [9.17, 15) is 9.59 Å². The summed E-state index contributed by atoms with van der Waals surface area (Å²) in [6.45, 7) is 3.60. The van der Waals surface area contributed by atoms with Crippen molar-refractivity contribution in [1.82, 2.24) is 9.63 Å². The van der Waals surface area contributed by atoms with Crippen LogP contribution in [0, 0.1) is 0 Å². The molecule has 1 aromatic carbocycles. The van der Waals surface area contributed by atoms with Gasteiger partial charge in [-0.1, -0.05) is 18.2 Å². The minimum atomic E-state index is -0.969. The number of rotatable bonds is 4. The Balaban J connectivity index is 2.11. The summed E-state index contributed by atoms with van der Waals surface area (Å²) in [5.74, 6) is -0.969. The van der Waals surface area contributed by atoms with Gasteiger partial charge in [0.05, 0.1) is 23.7 Å². The van der Waals surface area contributed by atoms with E-state index in [2.05, 4.69) is 0 Å². The van der Waals surface area contributed by atoms with E-state index in [0.29, 0.717) is 5.69 Å². The van der Waals surface area contributed by atoms with Crippen LogP contribution in [0.5, 0.6) is 0 Å². The van der Waals surface area contributed by atoms with Crippen molar-refractivity contribution in [1.29, 1.82) is 0 Å². The Morgan fingerprint density at radius 3 is 2.76 bits per heavy atom. The van der Waals surface area contributed by atoms with Gasteiger partial charge in [0.1, 0.15) is 6.04 Å². The second kappa shape index (κ2) is 4.89. The van der Waals surface area contributed by atoms with Crippen LogP contribution in [-0.4, -0.2) is 32.8 Å². The molecule has 1 N–H and O–H groups in total. The number of hydrogen-bond acceptors (Lipinski definition) is 3. The van der Waals surface area contributed by atoms with Crippen LogP contribution in [0.4, 0.5) is 4.79 Å². The van der Waals surface area contributed by atoms with Gasteiger partial charge < -0.3 is 5.11 Å². The molecule has 1 aromatic heterocycles. The minimum Gasteiger partial charge on any atom is -0.481 e. The number of hydrogen-bond donors (Lipinski definition) is 1. The van der Waals surface area contributed by atoms with Crippen LogP contribution in [0.25, 0.3) is 10.9 Å². The maximum absolute atomic E-state index is 12.6. The molecule has 0 radical (unpaired) electrons. The fraction of sp³-hybridized carbons (Fsp3) is 0.333. The largest absolute Gasteiger partial charge is 0.481 e. The predicted octanol–water partition coefficient (Wildman–Crippen LogP) is 2.78. The van der Waals surface area contributed by atoms with Crippen molar-refractivity contribution in [3.63, 3.8) is 0 Å². The molecule has 110 valence electrons. The Hall–Kier alpha value is -2.34. The highest BCUT2D eigenvalue weighted by molar-refractivity contribution is 5.95. The van der Waals surface area contributed by atoms with Crippen LogP contribution >= 0.6 is 0 Å². The van der Waals surface area contributed by atoms with E-state index in [1.807, 2.05) is 30.3 Å². The summed E-state index contributed by atoms with van der Waals surface area (Å²) in [6.07, 6.45) is -0.393. The van der Waals surface area contributed by atoms with Gasteiger partial charge in [-0.05, 0) is 26.0 Å². The van der Waals surface area contributed by atoms with Crippen LogP contribution in [0.3, 0.4) is 0 Å². The number of nitrogens with zero attached hydrogens (tertiary/aromatic N) is 2. The minimum absolute atomic E-state index is 0.186. The summed E-state index contributed by atoms with van der Waals surface area (Å²) >= 11 is 0. The second-order valence-electron chi connectivity index (χ2n) is 5.34. The van der Waals surface area contributed by atoms with Crippen molar-refractivity contribution in [2.45, 2.75) is 32.4 Å². The van der Waals surface area contributed by atoms with Gasteiger partial charge in [-0.15, -0.1) is 0 Å². The first-order valence-electron chi connectivity index (χ1n) is 6.81. The van der Waals surface area contributed by atoms with Crippen LogP contribution in [0.1, 0.15) is 32.0 Å². The molecule has 1 aliphatic heterocycles. The van der Waals surface area contributed by atoms with E-state index in [1.165, 1.54) is 9.63 Å². The third-order valence-electron chi connectivity index (χ3n) is 3.44. The molecule has 2 heterocycles. The number of fused-ring (bicyclic) bond motifs is 3. The third-order valence-corrected chi connectivity index (χ3v) is 3.44. The quantitative estimate of drug-likeness (QED) is 0.939. The topological polar surface area (TPSA) is 71.8 Å². The van der Waals surface area contributed by atoms with Gasteiger partial charge in [0.25, 0.3) is 0 Å². The lowest BCUT2D eigenvalue weighted by molar-refractivity contribution is -0.173. The molecule has 1 unspecified atom stereocenters. The average molecular weight is 288 g/mol. The SMILES string of the molecule is CC(C)ON1C(=O)n2c(cc3ccccc32)C1CC(=O)O. The lowest BCUT2D eigenvalue weighted by atomic mass is 10.1. The number of para-hydroxylation sites is 1. The summed E-state index contributed by atoms with van der Waals surface area (Å²) in [7, 11) is 0. The van der Waals surface area contributed by atoms with Gasteiger partial charge >= 0.3 is 12.0 Å². The first-order valence-corrected chi connectivity index (χ1v) is 6.81. The molecule has 0 spiro atoms. The zero-order valence-corrected chi connectivity index (χ0v) is 11.8. The number of carbonyl (C=O) groups excluding carboxylic acids is 1. The molecule has 0 fully saturated rings. The van der Waals surface area contributed by atoms with E-state index in [-0.39, 0.29) is 18.6 Å². The molecule has 21 heavy (non-hydrogen) atoms. The number of aliphatic carboxylic acids is 1. The summed E-state index contributed by atoms with van der Waals surface area (Å²) in [6, 6.07) is 8.38. The summed E-state index contributed by atoms with van der Waals surface area (Å²) in [5, 5.41) is 11.2. The molecule has 3 rings (SSSR count). The molecule has 6 heteroatoms. The van der Waals surface area contributed by atoms with Crippen LogP contribution in [0.15, 0.2) is 30.3 Å². The van der Waals surface area contributed by atoms with Gasteiger partial charge in [-0.25, -0.2) is 4.79 Å². The maximum Gasteiger partial charge on any atom is 0.353 e. The van der Waals surface area contributed by atoms with E-state index in [0.717, 1.165) is 10.9 Å². The lowest BCUT2D eigenvalue weighted by Gasteiger charge is -2.24. The number of aromatic nitrogens is 1. The van der Waals surface area contributed by atoms with E-state index < -0.39 is 12.0 Å². The number of carboxylic acids is 1. The highest BCUT2D eigenvalue weighted by Crippen LogP contribution is 2.37. The first kappa shape index (κ1) is 13.6. The molecular weight excluding hydrogens is 272 g/mol. The van der Waals surface area contributed by atoms with Crippen LogP contribution in [0.2, 0.25) is 0 Å². The van der Waals surface area contributed by atoms with E-state index >= 15 is 0 Å². The molecule has 2 aromatic rings. The number of hydroxylamine groups is 2. The molecule has 0 saturated carbocycles. The Morgan fingerprint density at radius 1 is 1.38 bits per heavy atom. The zero-order chi connectivity index (χ0) is 15.1. The van der Waals surface area contributed by atoms with Crippen molar-refractivity contribution in [2.75, 3.05) is 0 Å². The third kappa shape index (κ3) is 2.17. The number of amides is 1. The van der Waals surface area contributed by atoms with Crippen molar-refractivity contribution >= 4 is 22.9 Å². The van der Waals surface area contributed by atoms with E-state index in [4.69, 9.17) is 9.94 Å². The fourth-order valence-corrected chi connectivity index (χ4v) is 2.69. The highest BCUT2D eigenvalue weighted by Gasteiger charge is 2.40. The standard InChI is InChI=1S/C15H16N2O4/c1-9(2)21-17-13(8-14(18)19)12-7-10-5-3-4-6-11(10)16(12)15(17)20/h3-7,9,13H,8H2,1-2H3,(H,18,19). The summed E-state index contributed by atoms with van der Waals surface area (Å²) in [4.78, 5) is 29.2. The van der Waals surface area contributed by atoms with Gasteiger partial charge in [0.15, 0.2) is 0 Å². The predicted molar refractivity (Wildman–Crippen MR) is 75.8 cm³/mol. The zero-order valence-electron chi connectivity index (χ0n) is 11.8. The van der Waals surface area contributed by atoms with Gasteiger partial charge in [-0.3, -0.25) is 14.2 Å². The van der Waals surface area contributed by atoms with Gasteiger partial charge in [0.2, 0.25) is 0 Å². The molecule has 1 amide bonds. The summed E-state index contributed by atoms with van der Waals surface area (Å²) < 4.78 is 1.53. The van der Waals surface area contributed by atoms with Crippen molar-refractivity contribution in [3.05, 3.63) is 36.0 Å². The summed E-state index contributed by atoms with van der Waals surface area (Å²) in [5.41, 5.74) is 1.42. The molecule has 0 bridgehead atoms. The molecular formula is C15H16N2O4. The molecule has 0 aliphatic carbocycles. The first-order chi connectivity index (χ1) is 9.99. The Labute approximate surface area is 121 Å². The Morgan fingerprint density at radius 2 is 2.10 bits per heavy atom. The molecule has 0 saturated heterocycles. The lowest BCUT2D eigenvalue weighted by Crippen LogP contribution is -2.33. The van der Waals surface area contributed by atoms with Gasteiger partial charge in [0, 0.05) is 5.39 Å². The second-order valence-corrected chi connectivity index (χ2v) is 5.34. The monoisotopic (exact) mass is 288 g/mol. The normalized spacial score (nSPS) is 17.8. The van der Waals surface area contributed by atoms with Gasteiger partial charge in [-0.2, -0.15) is 5.06 Å². The van der Waals surface area contributed by atoms with Crippen LogP contribution < -0.4 is 0 Å². The van der Waals surface area contributed by atoms with Crippen molar-refractivity contribution in [3.8, 4) is 0 Å². The Bertz CT molecular complexity index is 720. The number of carbonyl (C=O) groups is 2. The number of carboxylic acid groups (broad SMARTS) is 1. The smallest absolute Gasteiger partial charge is 0.353 e. The van der Waals surface area contributed by atoms with Crippen molar-refractivity contribution in [2.24, 2.45) is 0 Å². The maximum atomic E-state index is 12.6.